The first-order valence-electron chi connectivity index (χ1n) is 10.5. The second kappa shape index (κ2) is 10.6. The predicted octanol–water partition coefficient (Wildman–Crippen LogP) is 6.00. The van der Waals surface area contributed by atoms with E-state index in [0.717, 1.165) is 54.9 Å². The number of rotatable bonds is 5. The van der Waals surface area contributed by atoms with Crippen LogP contribution in [0.4, 0.5) is 5.69 Å². The third-order valence-electron chi connectivity index (χ3n) is 5.99. The van der Waals surface area contributed by atoms with E-state index in [9.17, 15) is 4.79 Å². The number of thiophene rings is 1. The zero-order valence-corrected chi connectivity index (χ0v) is 20.4. The summed E-state index contributed by atoms with van der Waals surface area (Å²) in [5, 5.41) is 4.30. The van der Waals surface area contributed by atoms with Crippen molar-refractivity contribution in [2.45, 2.75) is 13.3 Å². The van der Waals surface area contributed by atoms with Crippen molar-refractivity contribution in [3.8, 4) is 0 Å². The molecular weight excluding hydrogens is 461 g/mol. The average molecular weight is 488 g/mol. The van der Waals surface area contributed by atoms with Gasteiger partial charge in [0.2, 0.25) is 0 Å². The lowest BCUT2D eigenvalue weighted by atomic mass is 10.1. The minimum absolute atomic E-state index is 0. The number of piperazine rings is 1. The van der Waals surface area contributed by atoms with Crippen LogP contribution in [0.5, 0.6) is 0 Å². The van der Waals surface area contributed by atoms with Crippen LogP contribution >= 0.6 is 36.2 Å². The predicted molar refractivity (Wildman–Crippen MR) is 140 cm³/mol. The molecule has 3 heterocycles. The molecule has 0 aliphatic carbocycles. The van der Waals surface area contributed by atoms with E-state index >= 15 is 0 Å². The lowest BCUT2D eigenvalue weighted by Crippen LogP contribution is -2.47. The molecular formula is C25H27Cl2N3OS. The van der Waals surface area contributed by atoms with Gasteiger partial charge in [0.25, 0.3) is 0 Å². The van der Waals surface area contributed by atoms with Crippen molar-refractivity contribution in [1.29, 1.82) is 0 Å². The summed E-state index contributed by atoms with van der Waals surface area (Å²) in [7, 11) is 0. The van der Waals surface area contributed by atoms with Crippen LogP contribution in [0.3, 0.4) is 0 Å². The number of hydrogen-bond donors (Lipinski definition) is 0. The number of aromatic nitrogens is 1. The molecule has 0 amide bonds. The van der Waals surface area contributed by atoms with Gasteiger partial charge in [0.05, 0.1) is 11.2 Å². The Morgan fingerprint density at radius 3 is 2.56 bits per heavy atom. The molecule has 7 heteroatoms. The van der Waals surface area contributed by atoms with Gasteiger partial charge in [-0.25, -0.2) is 0 Å². The summed E-state index contributed by atoms with van der Waals surface area (Å²) < 4.78 is 1.19. The lowest BCUT2D eigenvalue weighted by Gasteiger charge is -2.36. The molecule has 168 valence electrons. The molecule has 2 aromatic carbocycles. The summed E-state index contributed by atoms with van der Waals surface area (Å²) in [6, 6.07) is 18.8. The molecule has 4 aromatic rings. The molecule has 1 saturated heterocycles. The summed E-state index contributed by atoms with van der Waals surface area (Å²) in [6.07, 6.45) is 0.579. The van der Waals surface area contributed by atoms with Crippen LogP contribution in [-0.4, -0.2) is 48.4 Å². The highest BCUT2D eigenvalue weighted by Crippen LogP contribution is 2.28. The molecule has 0 saturated carbocycles. The van der Waals surface area contributed by atoms with Crippen LogP contribution in [0.15, 0.2) is 60.0 Å². The van der Waals surface area contributed by atoms with E-state index < -0.39 is 0 Å². The Balaban J connectivity index is 0.00000144. The van der Waals surface area contributed by atoms with Crippen LogP contribution < -0.4 is 4.90 Å². The van der Waals surface area contributed by atoms with Gasteiger partial charge in [-0.05, 0) is 25.1 Å². The number of Topliss-reactive ketones (excluding diaryl/α,β-unsaturated/α-hetero) is 1. The van der Waals surface area contributed by atoms with E-state index in [1.54, 1.807) is 11.3 Å². The van der Waals surface area contributed by atoms with Crippen LogP contribution in [0.25, 0.3) is 21.0 Å². The molecule has 4 nitrogen and oxygen atoms in total. The topological polar surface area (TPSA) is 36.4 Å². The number of anilines is 1. The summed E-state index contributed by atoms with van der Waals surface area (Å²) >= 11 is 1.66. The van der Waals surface area contributed by atoms with Gasteiger partial charge < -0.3 is 4.90 Å². The summed E-state index contributed by atoms with van der Waals surface area (Å²) in [5.41, 5.74) is 4.24. The maximum Gasteiger partial charge on any atom is 0.165 e. The van der Waals surface area contributed by atoms with Gasteiger partial charge in [-0.2, -0.15) is 0 Å². The monoisotopic (exact) mass is 487 g/mol. The Morgan fingerprint density at radius 1 is 0.969 bits per heavy atom. The highest BCUT2D eigenvalue weighted by molar-refractivity contribution is 7.17. The first kappa shape index (κ1) is 24.5. The molecule has 0 unspecified atom stereocenters. The molecule has 0 spiro atoms. The zero-order chi connectivity index (χ0) is 20.5. The van der Waals surface area contributed by atoms with Gasteiger partial charge in [0.15, 0.2) is 5.78 Å². The van der Waals surface area contributed by atoms with E-state index in [1.165, 1.54) is 15.8 Å². The van der Waals surface area contributed by atoms with Crippen LogP contribution in [0.2, 0.25) is 0 Å². The Kier molecular flexibility index (Phi) is 8.12. The summed E-state index contributed by atoms with van der Waals surface area (Å²) in [6.45, 7) is 6.74. The first-order valence-corrected chi connectivity index (χ1v) is 11.4. The molecule has 0 bridgehead atoms. The largest absolute Gasteiger partial charge is 0.367 e. The smallest absolute Gasteiger partial charge is 0.165 e. The van der Waals surface area contributed by atoms with E-state index in [-0.39, 0.29) is 30.6 Å². The van der Waals surface area contributed by atoms with Gasteiger partial charge in [-0.15, -0.1) is 36.2 Å². The fourth-order valence-electron chi connectivity index (χ4n) is 4.28. The Hall–Kier alpha value is -2.18. The van der Waals surface area contributed by atoms with Crippen LogP contribution in [-0.2, 0) is 0 Å². The Labute approximate surface area is 205 Å². The van der Waals surface area contributed by atoms with Crippen molar-refractivity contribution < 1.29 is 4.79 Å². The van der Waals surface area contributed by atoms with Crippen molar-refractivity contribution in [3.63, 3.8) is 0 Å². The number of para-hydroxylation sites is 1. The highest BCUT2D eigenvalue weighted by atomic mass is 35.5. The highest BCUT2D eigenvalue weighted by Gasteiger charge is 2.20. The molecule has 1 aliphatic rings. The standard InChI is InChI=1S/C25H25N3OS.2ClH/c1-18-9-10-19-5-4-7-22(25(19)26-18)28-15-13-27(14-16-28)12-11-23(29)21-17-30-24-8-3-2-6-20(21)24;;/h2-10,17H,11-16H2,1H3;2*1H. The SMILES string of the molecule is Cc1ccc2cccc(N3CCN(CCC(=O)c4csc5ccccc45)CC3)c2n1.Cl.Cl. The number of nitrogens with zero attached hydrogens (tertiary/aromatic N) is 3. The van der Waals surface area contributed by atoms with E-state index in [0.29, 0.717) is 6.42 Å². The van der Waals surface area contributed by atoms with Gasteiger partial charge in [-0.3, -0.25) is 14.7 Å². The third-order valence-corrected chi connectivity index (χ3v) is 6.95. The third kappa shape index (κ3) is 4.91. The number of benzene rings is 2. The van der Waals surface area contributed by atoms with Gasteiger partial charge >= 0.3 is 0 Å². The quantitative estimate of drug-likeness (QED) is 0.323. The van der Waals surface area contributed by atoms with E-state index in [4.69, 9.17) is 4.98 Å². The number of pyridine rings is 1. The lowest BCUT2D eigenvalue weighted by molar-refractivity contribution is 0.0964. The first-order chi connectivity index (χ1) is 14.7. The fraction of sp³-hybridized carbons (Fsp3) is 0.280. The second-order valence-corrected chi connectivity index (χ2v) is 8.86. The Morgan fingerprint density at radius 2 is 1.75 bits per heavy atom. The average Bonchev–Trinajstić information content (AvgIpc) is 3.22. The number of ketones is 1. The van der Waals surface area contributed by atoms with Crippen molar-refractivity contribution in [1.82, 2.24) is 9.88 Å². The number of aryl methyl sites for hydroxylation is 1. The zero-order valence-electron chi connectivity index (χ0n) is 18.0. The van der Waals surface area contributed by atoms with Crippen molar-refractivity contribution in [2.24, 2.45) is 0 Å². The molecule has 0 radical (unpaired) electrons. The van der Waals surface area contributed by atoms with Crippen molar-refractivity contribution in [2.75, 3.05) is 37.6 Å². The molecule has 2 aromatic heterocycles. The summed E-state index contributed by atoms with van der Waals surface area (Å²) in [5.74, 6) is 0.253. The minimum Gasteiger partial charge on any atom is -0.367 e. The molecule has 32 heavy (non-hydrogen) atoms. The fourth-order valence-corrected chi connectivity index (χ4v) is 5.25. The molecule has 1 aliphatic heterocycles. The molecule has 5 rings (SSSR count). The van der Waals surface area contributed by atoms with Crippen LogP contribution in [0, 0.1) is 6.92 Å². The minimum atomic E-state index is 0. The number of halogens is 2. The maximum absolute atomic E-state index is 12.8. The van der Waals surface area contributed by atoms with Gasteiger partial charge in [0.1, 0.15) is 0 Å². The van der Waals surface area contributed by atoms with Crippen LogP contribution in [0.1, 0.15) is 22.5 Å². The number of carbonyl (C=O) groups excluding carboxylic acids is 1. The van der Waals surface area contributed by atoms with Crippen molar-refractivity contribution >= 4 is 68.6 Å². The van der Waals surface area contributed by atoms with Crippen molar-refractivity contribution in [3.05, 3.63) is 71.2 Å². The number of fused-ring (bicyclic) bond motifs is 2. The van der Waals surface area contributed by atoms with E-state index in [1.807, 2.05) is 24.4 Å². The second-order valence-electron chi connectivity index (χ2n) is 7.95. The molecule has 0 N–H and O–H groups in total. The van der Waals surface area contributed by atoms with E-state index in [2.05, 4.69) is 52.3 Å². The summed E-state index contributed by atoms with van der Waals surface area (Å²) in [4.78, 5) is 22.4. The molecule has 1 fully saturated rings. The number of carbonyl (C=O) groups is 1. The Bertz CT molecular complexity index is 1220. The van der Waals surface area contributed by atoms with Gasteiger partial charge in [-0.1, -0.05) is 36.4 Å². The molecule has 0 atom stereocenters. The van der Waals surface area contributed by atoms with Gasteiger partial charge in [0, 0.05) is 71.3 Å². The number of hydrogen-bond acceptors (Lipinski definition) is 5. The normalized spacial score (nSPS) is 14.2. The maximum atomic E-state index is 12.8.